The lowest BCUT2D eigenvalue weighted by Gasteiger charge is -2.08. The number of nitrogens with one attached hydrogen (secondary N) is 1. The first-order valence-electron chi connectivity index (χ1n) is 8.32. The second kappa shape index (κ2) is 9.23. The molecule has 0 radical (unpaired) electrons. The van der Waals surface area contributed by atoms with E-state index in [0.29, 0.717) is 18.5 Å². The van der Waals surface area contributed by atoms with E-state index in [1.54, 1.807) is 17.5 Å². The average Bonchev–Trinajstić information content (AvgIpc) is 3.10. The number of carbonyl (C=O) groups is 1. The van der Waals surface area contributed by atoms with Gasteiger partial charge in [0.1, 0.15) is 15.7 Å². The molecule has 29 heavy (non-hydrogen) atoms. The SMILES string of the molecule is Cc1ncc(CCC(=O)c2cnc(CNS(=O)(=O)c3ccc(Cl)nc3Cl)cn2)s1. The van der Waals surface area contributed by atoms with Crippen LogP contribution in [0.2, 0.25) is 10.3 Å². The smallest absolute Gasteiger partial charge is 0.243 e. The molecule has 8 nitrogen and oxygen atoms in total. The number of thiazole rings is 1. The molecule has 0 unspecified atom stereocenters. The second-order valence-corrected chi connectivity index (χ2v) is 9.71. The van der Waals surface area contributed by atoms with E-state index in [1.165, 1.54) is 24.5 Å². The fourth-order valence-electron chi connectivity index (χ4n) is 2.32. The molecule has 0 aromatic carbocycles. The third kappa shape index (κ3) is 5.77. The minimum atomic E-state index is -3.91. The summed E-state index contributed by atoms with van der Waals surface area (Å²) in [4.78, 5) is 29.1. The zero-order valence-corrected chi connectivity index (χ0v) is 18.2. The van der Waals surface area contributed by atoms with Gasteiger partial charge < -0.3 is 0 Å². The number of aryl methyl sites for hydroxylation is 2. The molecule has 0 amide bonds. The van der Waals surface area contributed by atoms with Gasteiger partial charge in [-0.05, 0) is 25.5 Å². The highest BCUT2D eigenvalue weighted by molar-refractivity contribution is 7.89. The number of rotatable bonds is 8. The zero-order chi connectivity index (χ0) is 21.0. The van der Waals surface area contributed by atoms with Crippen molar-refractivity contribution in [2.75, 3.05) is 0 Å². The summed E-state index contributed by atoms with van der Waals surface area (Å²) in [6.07, 6.45) is 5.33. The number of ketones is 1. The van der Waals surface area contributed by atoms with Crippen LogP contribution in [0.25, 0.3) is 0 Å². The number of Topliss-reactive ketones (excluding diaryl/α,β-unsaturated/α-hetero) is 1. The molecule has 0 fully saturated rings. The van der Waals surface area contributed by atoms with Gasteiger partial charge in [0.05, 0.1) is 29.6 Å². The molecule has 0 aliphatic rings. The summed E-state index contributed by atoms with van der Waals surface area (Å²) in [6, 6.07) is 2.59. The van der Waals surface area contributed by atoms with Crippen molar-refractivity contribution in [1.29, 1.82) is 0 Å². The number of carbonyl (C=O) groups excluding carboxylic acids is 1. The molecule has 0 atom stereocenters. The Kier molecular flexibility index (Phi) is 6.91. The van der Waals surface area contributed by atoms with E-state index in [0.717, 1.165) is 9.88 Å². The number of pyridine rings is 1. The van der Waals surface area contributed by atoms with Gasteiger partial charge in [0, 0.05) is 17.5 Å². The molecule has 3 aromatic rings. The van der Waals surface area contributed by atoms with Crippen molar-refractivity contribution in [3.05, 3.63) is 62.3 Å². The van der Waals surface area contributed by atoms with E-state index in [1.807, 2.05) is 6.92 Å². The van der Waals surface area contributed by atoms with Crippen LogP contribution in [0.3, 0.4) is 0 Å². The van der Waals surface area contributed by atoms with Crippen molar-refractivity contribution in [3.8, 4) is 0 Å². The molecular weight excluding hydrogens is 457 g/mol. The molecule has 0 bridgehead atoms. The monoisotopic (exact) mass is 471 g/mol. The Morgan fingerprint density at radius 2 is 1.93 bits per heavy atom. The number of nitrogens with zero attached hydrogens (tertiary/aromatic N) is 4. The van der Waals surface area contributed by atoms with Crippen molar-refractivity contribution in [2.24, 2.45) is 0 Å². The number of hydrogen-bond donors (Lipinski definition) is 1. The molecule has 12 heteroatoms. The van der Waals surface area contributed by atoms with Crippen molar-refractivity contribution >= 4 is 50.3 Å². The van der Waals surface area contributed by atoms with Crippen LogP contribution in [0.4, 0.5) is 0 Å². The summed E-state index contributed by atoms with van der Waals surface area (Å²) >= 11 is 13.1. The first kappa shape index (κ1) is 21.7. The summed E-state index contributed by atoms with van der Waals surface area (Å²) in [5, 5.41) is 0.813. The van der Waals surface area contributed by atoms with Gasteiger partial charge in [-0.3, -0.25) is 9.78 Å². The largest absolute Gasteiger partial charge is 0.292 e. The molecular formula is C17H15Cl2N5O3S2. The lowest BCUT2D eigenvalue weighted by Crippen LogP contribution is -2.24. The Labute approximate surface area is 181 Å². The van der Waals surface area contributed by atoms with Crippen LogP contribution in [0.5, 0.6) is 0 Å². The number of halogens is 2. The maximum atomic E-state index is 12.3. The van der Waals surface area contributed by atoms with E-state index in [9.17, 15) is 13.2 Å². The van der Waals surface area contributed by atoms with Gasteiger partial charge in [-0.2, -0.15) is 0 Å². The van der Waals surface area contributed by atoms with Crippen LogP contribution in [0.1, 0.15) is 32.5 Å². The molecule has 0 saturated carbocycles. The highest BCUT2D eigenvalue weighted by atomic mass is 35.5. The molecule has 3 heterocycles. The Morgan fingerprint density at radius 1 is 1.14 bits per heavy atom. The van der Waals surface area contributed by atoms with Crippen molar-refractivity contribution < 1.29 is 13.2 Å². The quantitative estimate of drug-likeness (QED) is 0.395. The predicted molar refractivity (Wildman–Crippen MR) is 110 cm³/mol. The van der Waals surface area contributed by atoms with Gasteiger partial charge in [0.2, 0.25) is 10.0 Å². The van der Waals surface area contributed by atoms with Crippen molar-refractivity contribution in [3.63, 3.8) is 0 Å². The molecule has 152 valence electrons. The summed E-state index contributed by atoms with van der Waals surface area (Å²) in [5.74, 6) is -0.144. The van der Waals surface area contributed by atoms with Crippen LogP contribution >= 0.6 is 34.5 Å². The third-order valence-corrected chi connectivity index (χ3v) is 6.79. The Hall–Kier alpha value is -1.98. The molecule has 3 aromatic heterocycles. The molecule has 0 aliphatic carbocycles. The minimum Gasteiger partial charge on any atom is -0.292 e. The summed E-state index contributed by atoms with van der Waals surface area (Å²) in [5.41, 5.74) is 0.573. The molecule has 0 saturated heterocycles. The molecule has 3 rings (SSSR count). The van der Waals surface area contributed by atoms with E-state index < -0.39 is 10.0 Å². The lowest BCUT2D eigenvalue weighted by atomic mass is 10.1. The van der Waals surface area contributed by atoms with Crippen LogP contribution in [0, 0.1) is 6.92 Å². The number of aromatic nitrogens is 4. The topological polar surface area (TPSA) is 115 Å². The van der Waals surface area contributed by atoms with E-state index >= 15 is 0 Å². The average molecular weight is 472 g/mol. The van der Waals surface area contributed by atoms with E-state index in [2.05, 4.69) is 24.7 Å². The normalized spacial score (nSPS) is 11.6. The molecule has 1 N–H and O–H groups in total. The highest BCUT2D eigenvalue weighted by Gasteiger charge is 2.19. The van der Waals surface area contributed by atoms with E-state index in [4.69, 9.17) is 23.2 Å². The number of hydrogen-bond acceptors (Lipinski definition) is 8. The van der Waals surface area contributed by atoms with Crippen molar-refractivity contribution in [1.82, 2.24) is 24.7 Å². The first-order chi connectivity index (χ1) is 13.7. The van der Waals surface area contributed by atoms with Crippen LogP contribution in [-0.4, -0.2) is 34.1 Å². The zero-order valence-electron chi connectivity index (χ0n) is 15.1. The maximum Gasteiger partial charge on any atom is 0.243 e. The van der Waals surface area contributed by atoms with Gasteiger partial charge in [0.25, 0.3) is 0 Å². The van der Waals surface area contributed by atoms with Crippen molar-refractivity contribution in [2.45, 2.75) is 31.2 Å². The van der Waals surface area contributed by atoms with Crippen LogP contribution in [-0.2, 0) is 23.0 Å². The molecule has 0 aliphatic heterocycles. The Balaban J connectivity index is 1.59. The van der Waals surface area contributed by atoms with Crippen LogP contribution < -0.4 is 4.72 Å². The second-order valence-electron chi connectivity index (χ2n) is 5.91. The maximum absolute atomic E-state index is 12.3. The minimum absolute atomic E-state index is 0.0885. The predicted octanol–water partition coefficient (Wildman–Crippen LogP) is 3.24. The van der Waals surface area contributed by atoms with Gasteiger partial charge >= 0.3 is 0 Å². The van der Waals surface area contributed by atoms with E-state index in [-0.39, 0.29) is 33.2 Å². The fourth-order valence-corrected chi connectivity index (χ4v) is 4.77. The van der Waals surface area contributed by atoms with Gasteiger partial charge in [-0.1, -0.05) is 23.2 Å². The Bertz CT molecular complexity index is 1130. The Morgan fingerprint density at radius 3 is 2.55 bits per heavy atom. The standard InChI is InChI=1S/C17H15Cl2N5O3S2/c1-10-20-8-12(28-10)2-3-14(25)13-9-21-11(6-22-13)7-23-29(26,27)15-4-5-16(18)24-17(15)19/h4-6,8-9,23H,2-3,7H2,1H3. The lowest BCUT2D eigenvalue weighted by molar-refractivity contribution is 0.0978. The third-order valence-electron chi connectivity index (χ3n) is 3.77. The van der Waals surface area contributed by atoms with Gasteiger partial charge in [-0.15, -0.1) is 11.3 Å². The summed E-state index contributed by atoms with van der Waals surface area (Å²) in [7, 11) is -3.91. The van der Waals surface area contributed by atoms with Gasteiger partial charge in [0.15, 0.2) is 10.9 Å². The van der Waals surface area contributed by atoms with Gasteiger partial charge in [-0.25, -0.2) is 28.1 Å². The number of sulfonamides is 1. The first-order valence-corrected chi connectivity index (χ1v) is 11.4. The fraction of sp³-hybridized carbons (Fsp3) is 0.235. The van der Waals surface area contributed by atoms with Crippen LogP contribution in [0.15, 0.2) is 35.6 Å². The highest BCUT2D eigenvalue weighted by Crippen LogP contribution is 2.21. The molecule has 0 spiro atoms. The summed E-state index contributed by atoms with van der Waals surface area (Å²) in [6.45, 7) is 1.79. The summed E-state index contributed by atoms with van der Waals surface area (Å²) < 4.78 is 27.1.